The lowest BCUT2D eigenvalue weighted by atomic mass is 10.1. The van der Waals surface area contributed by atoms with Crippen molar-refractivity contribution in [2.75, 3.05) is 6.54 Å². The van der Waals surface area contributed by atoms with Crippen LogP contribution in [-0.2, 0) is 11.8 Å². The second-order valence-corrected chi connectivity index (χ2v) is 6.31. The lowest BCUT2D eigenvalue weighted by molar-refractivity contribution is -0.119. The Bertz CT molecular complexity index is 1040. The molecule has 0 aliphatic carbocycles. The maximum absolute atomic E-state index is 12.8. The van der Waals surface area contributed by atoms with Gasteiger partial charge in [0.1, 0.15) is 11.5 Å². The minimum atomic E-state index is -2.69. The molecule has 1 atom stereocenters. The van der Waals surface area contributed by atoms with E-state index >= 15 is 0 Å². The number of ether oxygens (including phenoxy) is 1. The zero-order valence-electron chi connectivity index (χ0n) is 14.4. The van der Waals surface area contributed by atoms with E-state index in [0.717, 1.165) is 6.33 Å². The number of nitrogens with one attached hydrogen (secondary N) is 1. The van der Waals surface area contributed by atoms with E-state index in [2.05, 4.69) is 27.0 Å². The predicted molar refractivity (Wildman–Crippen MR) is 91.9 cm³/mol. The van der Waals surface area contributed by atoms with Gasteiger partial charge in [-0.25, -0.2) is 9.97 Å². The summed E-state index contributed by atoms with van der Waals surface area (Å²) >= 11 is 0. The number of aromatic nitrogens is 5. The van der Waals surface area contributed by atoms with Crippen LogP contribution in [0.1, 0.15) is 13.0 Å². The number of carbonyl (C=O) groups excluding carboxylic acids is 1. The number of halogens is 2. The molecule has 0 unspecified atom stereocenters. The van der Waals surface area contributed by atoms with Gasteiger partial charge in [0.25, 0.3) is 0 Å². The van der Waals surface area contributed by atoms with Crippen molar-refractivity contribution < 1.29 is 18.3 Å². The van der Waals surface area contributed by atoms with Crippen molar-refractivity contribution in [1.29, 1.82) is 0 Å². The highest BCUT2D eigenvalue weighted by Crippen LogP contribution is 2.31. The zero-order valence-corrected chi connectivity index (χ0v) is 14.4. The van der Waals surface area contributed by atoms with E-state index in [1.165, 1.54) is 6.20 Å². The van der Waals surface area contributed by atoms with Gasteiger partial charge in [0, 0.05) is 38.3 Å². The second-order valence-electron chi connectivity index (χ2n) is 6.31. The third-order valence-corrected chi connectivity index (χ3v) is 4.33. The number of alkyl halides is 2. The third-order valence-electron chi connectivity index (χ3n) is 4.33. The van der Waals surface area contributed by atoms with Crippen LogP contribution < -0.4 is 10.1 Å². The number of amides is 1. The molecule has 4 heterocycles. The first kappa shape index (κ1) is 17.1. The van der Waals surface area contributed by atoms with Crippen LogP contribution in [0.4, 0.5) is 8.78 Å². The number of hydrogen-bond donors (Lipinski definition) is 1. The summed E-state index contributed by atoms with van der Waals surface area (Å²) in [6, 6.07) is 1.66. The number of pyridine rings is 1. The van der Waals surface area contributed by atoms with E-state index in [9.17, 15) is 13.6 Å². The van der Waals surface area contributed by atoms with Gasteiger partial charge in [0.15, 0.2) is 0 Å². The van der Waals surface area contributed by atoms with E-state index in [1.54, 1.807) is 24.0 Å². The van der Waals surface area contributed by atoms with Gasteiger partial charge in [-0.15, -0.1) is 0 Å². The Labute approximate surface area is 152 Å². The first-order valence-electron chi connectivity index (χ1n) is 8.20. The summed E-state index contributed by atoms with van der Waals surface area (Å²) in [6.07, 6.45) is 4.29. The van der Waals surface area contributed by atoms with Gasteiger partial charge in [-0.2, -0.15) is 13.9 Å². The van der Waals surface area contributed by atoms with E-state index in [-0.39, 0.29) is 23.4 Å². The number of imidazole rings is 1. The van der Waals surface area contributed by atoms with Crippen LogP contribution in [0.15, 0.2) is 37.1 Å². The molecule has 0 bridgehead atoms. The molecule has 4 rings (SSSR count). The average molecular weight is 374 g/mol. The van der Waals surface area contributed by atoms with Crippen LogP contribution >= 0.6 is 0 Å². The number of aryl methyl sites for hydroxylation is 1. The minimum Gasteiger partial charge on any atom is -0.443 e. The molecule has 3 aromatic rings. The van der Waals surface area contributed by atoms with Crippen molar-refractivity contribution >= 4 is 16.8 Å². The van der Waals surface area contributed by atoms with Crippen LogP contribution in [0.2, 0.25) is 0 Å². The normalized spacial score (nSPS) is 16.9. The van der Waals surface area contributed by atoms with Crippen molar-refractivity contribution in [3.05, 3.63) is 37.1 Å². The van der Waals surface area contributed by atoms with Crippen LogP contribution in [0.3, 0.4) is 0 Å². The molecular formula is C17H16F2N6O2. The van der Waals surface area contributed by atoms with Crippen molar-refractivity contribution in [1.82, 2.24) is 29.6 Å². The molecule has 1 N–H and O–H groups in total. The van der Waals surface area contributed by atoms with Crippen molar-refractivity contribution in [2.45, 2.75) is 13.0 Å². The molecule has 140 valence electrons. The molecule has 10 heteroatoms. The first-order valence-corrected chi connectivity index (χ1v) is 8.20. The molecule has 8 nitrogen and oxygen atoms in total. The molecule has 3 aromatic heterocycles. The summed E-state index contributed by atoms with van der Waals surface area (Å²) in [5.41, 5.74) is 1.21. The summed E-state index contributed by atoms with van der Waals surface area (Å²) in [5.74, 6) is 0.427. The largest absolute Gasteiger partial charge is 0.443 e. The fourth-order valence-corrected chi connectivity index (χ4v) is 2.93. The summed E-state index contributed by atoms with van der Waals surface area (Å²) < 4.78 is 33.8. The number of hydrogen-bond acceptors (Lipinski definition) is 5. The topological polar surface area (TPSA) is 86.9 Å². The monoisotopic (exact) mass is 374 g/mol. The maximum atomic E-state index is 12.8. The summed E-state index contributed by atoms with van der Waals surface area (Å²) in [5, 5.41) is 7.71. The van der Waals surface area contributed by atoms with Crippen LogP contribution in [0, 0.1) is 5.92 Å². The van der Waals surface area contributed by atoms with Crippen LogP contribution in [0.25, 0.3) is 22.3 Å². The molecule has 0 spiro atoms. The van der Waals surface area contributed by atoms with Gasteiger partial charge in [-0.05, 0) is 6.07 Å². The smallest absolute Gasteiger partial charge is 0.319 e. The van der Waals surface area contributed by atoms with Crippen LogP contribution in [-0.4, -0.2) is 36.8 Å². The van der Waals surface area contributed by atoms with Crippen molar-refractivity contribution in [2.24, 2.45) is 13.0 Å². The molecule has 0 radical (unpaired) electrons. The fourth-order valence-electron chi connectivity index (χ4n) is 2.93. The highest BCUT2D eigenvalue weighted by molar-refractivity contribution is 5.86. The summed E-state index contributed by atoms with van der Waals surface area (Å²) in [4.78, 5) is 19.8. The van der Waals surface area contributed by atoms with E-state index in [4.69, 9.17) is 4.74 Å². The Morgan fingerprint density at radius 1 is 1.41 bits per heavy atom. The lowest BCUT2D eigenvalue weighted by Crippen LogP contribution is -2.15. The summed E-state index contributed by atoms with van der Waals surface area (Å²) in [6.45, 7) is 1.67. The minimum absolute atomic E-state index is 0.0597. The molecule has 0 saturated carbocycles. The highest BCUT2D eigenvalue weighted by atomic mass is 19.3. The predicted octanol–water partition coefficient (Wildman–Crippen LogP) is 2.26. The molecule has 1 amide bonds. The zero-order chi connectivity index (χ0) is 19.1. The van der Waals surface area contributed by atoms with Gasteiger partial charge in [-0.3, -0.25) is 14.0 Å². The van der Waals surface area contributed by atoms with Crippen molar-refractivity contribution in [3.8, 4) is 17.3 Å². The Morgan fingerprint density at radius 2 is 2.22 bits per heavy atom. The molecular weight excluding hydrogens is 358 g/mol. The maximum Gasteiger partial charge on any atom is 0.319 e. The van der Waals surface area contributed by atoms with Crippen LogP contribution in [0.5, 0.6) is 5.88 Å². The molecule has 27 heavy (non-hydrogen) atoms. The third kappa shape index (κ3) is 3.25. The Morgan fingerprint density at radius 3 is 2.89 bits per heavy atom. The highest BCUT2D eigenvalue weighted by Gasteiger charge is 2.26. The Balaban J connectivity index is 1.71. The van der Waals surface area contributed by atoms with Crippen molar-refractivity contribution in [3.63, 3.8) is 0 Å². The number of carbonyl (C=O) groups is 1. The lowest BCUT2D eigenvalue weighted by Gasteiger charge is -2.13. The van der Waals surface area contributed by atoms with Gasteiger partial charge in [0.05, 0.1) is 22.9 Å². The van der Waals surface area contributed by atoms with Gasteiger partial charge >= 0.3 is 6.55 Å². The molecule has 1 aliphatic rings. The van der Waals surface area contributed by atoms with E-state index in [0.29, 0.717) is 39.9 Å². The van der Waals surface area contributed by atoms with Gasteiger partial charge in [0.2, 0.25) is 11.8 Å². The molecule has 0 aromatic carbocycles. The van der Waals surface area contributed by atoms with E-state index in [1.807, 2.05) is 0 Å². The molecule has 1 saturated heterocycles. The standard InChI is InChI=1S/C17H16F2N6O2/c1-9(10-3-15(26)20-5-10)27-16-11-6-24(2)23-12(11)4-13(22-16)14-7-25(8-21-14)17(18)19/h4,6-8,10,17H,1,3,5H2,2H3,(H,20,26)/t10-/m1/s1. The second kappa shape index (κ2) is 6.45. The SMILES string of the molecule is C=C(Oc1nc(-c2cn(C(F)F)cn2)cc2nn(C)cc12)[C@H]1CNC(=O)C1. The molecule has 1 aliphatic heterocycles. The van der Waals surface area contributed by atoms with Gasteiger partial charge < -0.3 is 10.1 Å². The Kier molecular flexibility index (Phi) is 4.09. The average Bonchev–Trinajstić information content (AvgIpc) is 3.32. The Hall–Kier alpha value is -3.30. The quantitative estimate of drug-likeness (QED) is 0.692. The first-order chi connectivity index (χ1) is 12.9. The van der Waals surface area contributed by atoms with E-state index < -0.39 is 6.55 Å². The molecule has 1 fully saturated rings. The fraction of sp³-hybridized carbons (Fsp3) is 0.294. The number of fused-ring (bicyclic) bond motifs is 1. The summed E-state index contributed by atoms with van der Waals surface area (Å²) in [7, 11) is 1.75. The number of rotatable bonds is 5. The van der Waals surface area contributed by atoms with Gasteiger partial charge in [-0.1, -0.05) is 6.58 Å². The number of nitrogens with zero attached hydrogens (tertiary/aromatic N) is 5.